The summed E-state index contributed by atoms with van der Waals surface area (Å²) in [5.41, 5.74) is -0.985. The molecule has 0 radical (unpaired) electrons. The molecule has 1 aliphatic rings. The fourth-order valence-corrected chi connectivity index (χ4v) is 10.4. The number of unbranched alkanes of at least 4 members (excludes halogenated alkanes) is 14. The highest BCUT2D eigenvalue weighted by Crippen LogP contribution is 2.54. The third-order valence-corrected chi connectivity index (χ3v) is 14.5. The molecular formula is C50H83N2O11P. The van der Waals surface area contributed by atoms with Crippen LogP contribution in [0.4, 0.5) is 11.4 Å². The summed E-state index contributed by atoms with van der Waals surface area (Å²) in [5, 5.41) is 26.1. The van der Waals surface area contributed by atoms with E-state index in [0.29, 0.717) is 37.2 Å². The molecule has 364 valence electrons. The van der Waals surface area contributed by atoms with Gasteiger partial charge in [-0.15, -0.1) is 0 Å². The van der Waals surface area contributed by atoms with E-state index in [9.17, 15) is 20.2 Å². The first-order chi connectivity index (χ1) is 30.5. The zero-order valence-corrected chi connectivity index (χ0v) is 41.9. The van der Waals surface area contributed by atoms with Crippen LogP contribution in [0, 0.1) is 20.2 Å². The zero-order valence-electron chi connectivity index (χ0n) is 41.0. The Morgan fingerprint density at radius 3 is 1.27 bits per heavy atom. The molecule has 1 heterocycles. The molecule has 0 bridgehead atoms. The smallest absolute Gasteiger partial charge is 0.312 e. The summed E-state index contributed by atoms with van der Waals surface area (Å²) >= 11 is 0. The van der Waals surface area contributed by atoms with Crippen LogP contribution in [0.15, 0.2) is 24.3 Å². The Morgan fingerprint density at radius 1 is 0.578 bits per heavy atom. The van der Waals surface area contributed by atoms with Crippen LogP contribution < -0.4 is 20.1 Å². The van der Waals surface area contributed by atoms with Gasteiger partial charge >= 0.3 is 11.4 Å². The van der Waals surface area contributed by atoms with Gasteiger partial charge in [0, 0.05) is 12.1 Å². The molecule has 0 unspecified atom stereocenters. The number of rotatable bonds is 22. The van der Waals surface area contributed by atoms with Gasteiger partial charge in [-0.3, -0.25) is 24.8 Å². The molecule has 0 spiro atoms. The molecule has 0 aliphatic carbocycles. The number of hydrogen-bond acceptors (Lipinski definition) is 11. The highest BCUT2D eigenvalue weighted by Gasteiger charge is 2.43. The molecule has 14 heteroatoms. The maximum absolute atomic E-state index is 16.3. The number of nitro benzene ring substituents is 2. The van der Waals surface area contributed by atoms with E-state index in [-0.39, 0.29) is 66.5 Å². The SMILES string of the molecule is CCCCCCCCCC[C@@H]1COc2c([N+](=O)[O-])cc(C(C)(C)C)cc2P(=O)(OCC)c2cc(C(C)(C)C)cc([N+](=O)[O-])c2OC[C@@H](CCCCCCCCCC)OCCOCCO1. The fourth-order valence-electron chi connectivity index (χ4n) is 7.96. The van der Waals surface area contributed by atoms with Gasteiger partial charge in [0.15, 0.2) is 0 Å². The van der Waals surface area contributed by atoms with Gasteiger partial charge in [0.1, 0.15) is 13.2 Å². The van der Waals surface area contributed by atoms with Crippen LogP contribution in [-0.2, 0) is 34.1 Å². The van der Waals surface area contributed by atoms with Gasteiger partial charge in [-0.25, -0.2) is 0 Å². The lowest BCUT2D eigenvalue weighted by Crippen LogP contribution is -2.31. The monoisotopic (exact) mass is 919 g/mol. The molecule has 3 rings (SSSR count). The van der Waals surface area contributed by atoms with Crippen molar-refractivity contribution in [3.63, 3.8) is 0 Å². The first kappa shape index (κ1) is 55.2. The molecule has 64 heavy (non-hydrogen) atoms. The van der Waals surface area contributed by atoms with Gasteiger partial charge in [-0.05, 0) is 53.9 Å². The molecule has 2 aromatic carbocycles. The summed E-state index contributed by atoms with van der Waals surface area (Å²) in [6.45, 7) is 18.5. The topological polar surface area (TPSA) is 159 Å². The number of fused-ring (bicyclic) bond motifs is 2. The van der Waals surface area contributed by atoms with Crippen LogP contribution in [0.25, 0.3) is 0 Å². The normalized spacial score (nSPS) is 17.9. The second-order valence-corrected chi connectivity index (χ2v) is 21.7. The Kier molecular flexibility index (Phi) is 24.3. The van der Waals surface area contributed by atoms with E-state index in [4.69, 9.17) is 28.2 Å². The highest BCUT2D eigenvalue weighted by molar-refractivity contribution is 7.74. The van der Waals surface area contributed by atoms with Crippen molar-refractivity contribution in [2.24, 2.45) is 0 Å². The lowest BCUT2D eigenvalue weighted by molar-refractivity contribution is -0.386. The molecule has 2 atom stereocenters. The Balaban J connectivity index is 2.24. The van der Waals surface area contributed by atoms with E-state index in [0.717, 1.165) is 38.5 Å². The van der Waals surface area contributed by atoms with E-state index < -0.39 is 40.3 Å². The van der Waals surface area contributed by atoms with E-state index >= 15 is 4.57 Å². The van der Waals surface area contributed by atoms with Crippen molar-refractivity contribution in [1.29, 1.82) is 0 Å². The van der Waals surface area contributed by atoms with E-state index in [2.05, 4.69) is 13.8 Å². The molecule has 0 saturated carbocycles. The van der Waals surface area contributed by atoms with Crippen LogP contribution >= 0.6 is 7.37 Å². The van der Waals surface area contributed by atoms with Crippen molar-refractivity contribution in [3.05, 3.63) is 55.6 Å². The van der Waals surface area contributed by atoms with Crippen LogP contribution in [-0.4, -0.2) is 68.3 Å². The van der Waals surface area contributed by atoms with E-state index in [1.807, 2.05) is 41.5 Å². The summed E-state index contributed by atoms with van der Waals surface area (Å²) < 4.78 is 54.4. The van der Waals surface area contributed by atoms with Crippen molar-refractivity contribution in [3.8, 4) is 11.5 Å². The third-order valence-electron chi connectivity index (χ3n) is 11.9. The quantitative estimate of drug-likeness (QED) is 0.0479. The van der Waals surface area contributed by atoms with Crippen molar-refractivity contribution in [2.75, 3.05) is 46.2 Å². The van der Waals surface area contributed by atoms with Crippen molar-refractivity contribution in [1.82, 2.24) is 0 Å². The van der Waals surface area contributed by atoms with Crippen LogP contribution in [0.5, 0.6) is 11.5 Å². The molecule has 0 N–H and O–H groups in total. The second-order valence-electron chi connectivity index (χ2n) is 19.4. The van der Waals surface area contributed by atoms with Gasteiger partial charge in [-0.2, -0.15) is 0 Å². The Hall–Kier alpha value is -3.09. The number of nitrogens with zero attached hydrogens (tertiary/aromatic N) is 2. The summed E-state index contributed by atoms with van der Waals surface area (Å²) in [6, 6.07) is 6.21. The predicted molar refractivity (Wildman–Crippen MR) is 258 cm³/mol. The van der Waals surface area contributed by atoms with E-state index in [1.54, 1.807) is 19.1 Å². The summed E-state index contributed by atoms with van der Waals surface area (Å²) in [4.78, 5) is 25.1. The molecule has 0 amide bonds. The molecule has 0 aromatic heterocycles. The maximum atomic E-state index is 16.3. The van der Waals surface area contributed by atoms with Crippen LogP contribution in [0.3, 0.4) is 0 Å². The van der Waals surface area contributed by atoms with Gasteiger partial charge in [0.05, 0.1) is 65.7 Å². The first-order valence-electron chi connectivity index (χ1n) is 24.5. The second kappa shape index (κ2) is 28.2. The number of hydrogen-bond donors (Lipinski definition) is 0. The maximum Gasteiger partial charge on any atom is 0.312 e. The van der Waals surface area contributed by atoms with Gasteiger partial charge < -0.3 is 28.2 Å². The van der Waals surface area contributed by atoms with E-state index in [1.165, 1.54) is 76.3 Å². The Bertz CT molecular complexity index is 1640. The van der Waals surface area contributed by atoms with Crippen LogP contribution in [0.2, 0.25) is 0 Å². The first-order valence-corrected chi connectivity index (χ1v) is 26.1. The Morgan fingerprint density at radius 2 is 0.938 bits per heavy atom. The average molecular weight is 919 g/mol. The lowest BCUT2D eigenvalue weighted by Gasteiger charge is -2.29. The molecule has 1 aliphatic heterocycles. The average Bonchev–Trinajstić information content (AvgIpc) is 3.23. The molecule has 13 nitrogen and oxygen atoms in total. The fraction of sp³-hybridized carbons (Fsp3) is 0.760. The van der Waals surface area contributed by atoms with Crippen molar-refractivity contribution >= 4 is 29.4 Å². The Labute approximate surface area is 385 Å². The lowest BCUT2D eigenvalue weighted by atomic mass is 9.86. The number of benzene rings is 2. The summed E-state index contributed by atoms with van der Waals surface area (Å²) in [7, 11) is -4.52. The zero-order chi connectivity index (χ0) is 47.2. The largest absolute Gasteiger partial charge is 0.483 e. The van der Waals surface area contributed by atoms with Gasteiger partial charge in [-0.1, -0.05) is 158 Å². The molecule has 0 saturated heterocycles. The van der Waals surface area contributed by atoms with Crippen molar-refractivity contribution < 1.29 is 42.6 Å². The van der Waals surface area contributed by atoms with Crippen LogP contribution in [0.1, 0.15) is 189 Å². The standard InChI is InChI=1S/C50H83N2O11P/c1-10-13-15-17-19-21-23-25-27-41-37-61-47-43(51(53)54)33-39(49(4,5)6)35-45(47)64(57,63-12-3)46-36-40(50(7,8)9)34-44(52(55)56)48(46)62-38-42(60-32-30-58-29-31-59-41)28-26-24-22-20-18-16-14-11-2/h33-36,41-42H,10-32,37-38H2,1-9H3/t41-,42-/m1/s1. The minimum Gasteiger partial charge on any atom is -0.483 e. The summed E-state index contributed by atoms with van der Waals surface area (Å²) in [6.07, 6.45) is 18.5. The highest BCUT2D eigenvalue weighted by atomic mass is 31.2. The minimum atomic E-state index is -4.52. The van der Waals surface area contributed by atoms with Gasteiger partial charge in [0.25, 0.3) is 7.37 Å². The van der Waals surface area contributed by atoms with Gasteiger partial charge in [0.2, 0.25) is 11.5 Å². The molecular weight excluding hydrogens is 836 g/mol. The number of ether oxygens (including phenoxy) is 5. The summed E-state index contributed by atoms with van der Waals surface area (Å²) in [5.74, 6) is -0.440. The van der Waals surface area contributed by atoms with Crippen molar-refractivity contribution in [2.45, 2.75) is 201 Å². The third kappa shape index (κ3) is 17.9. The molecule has 0 fully saturated rings. The predicted octanol–water partition coefficient (Wildman–Crippen LogP) is 13.0. The minimum absolute atomic E-state index is 0.0549. The molecule has 2 aromatic rings. The number of nitro groups is 2.